The zero-order valence-electron chi connectivity index (χ0n) is 22.7. The molecule has 4 aromatic rings. The van der Waals surface area contributed by atoms with Gasteiger partial charge in [0.1, 0.15) is 24.1 Å². The van der Waals surface area contributed by atoms with E-state index in [-0.39, 0.29) is 28.6 Å². The van der Waals surface area contributed by atoms with Gasteiger partial charge in [-0.25, -0.2) is 4.79 Å². The van der Waals surface area contributed by atoms with Crippen LogP contribution in [0.15, 0.2) is 121 Å². The number of fused-ring (bicyclic) bond motifs is 1. The number of ether oxygens (including phenoxy) is 1. The van der Waals surface area contributed by atoms with Crippen LogP contribution < -0.4 is 5.32 Å². The van der Waals surface area contributed by atoms with Gasteiger partial charge in [-0.3, -0.25) is 10.1 Å². The molecule has 0 radical (unpaired) electrons. The minimum Gasteiger partial charge on any atom is -0.459 e. The number of nitrogens with zero attached hydrogens (tertiary/aromatic N) is 1. The zero-order valence-corrected chi connectivity index (χ0v) is 23.5. The van der Waals surface area contributed by atoms with Gasteiger partial charge in [-0.15, -0.1) is 11.8 Å². The molecule has 2 aliphatic heterocycles. The van der Waals surface area contributed by atoms with E-state index in [0.717, 1.165) is 41.5 Å². The second-order valence-electron chi connectivity index (χ2n) is 11.1. The number of carbonyl (C=O) groups excluding carboxylic acids is 2. The number of rotatable bonds is 8. The molecule has 5 nitrogen and oxygen atoms in total. The Bertz CT molecular complexity index is 1430. The fraction of sp³-hybridized carbons (Fsp3) is 0.257. The normalized spacial score (nSPS) is 22.5. The van der Waals surface area contributed by atoms with Crippen LogP contribution in [0.4, 0.5) is 0 Å². The molecule has 3 aliphatic rings. The molecule has 1 N–H and O–H groups in total. The third-order valence-corrected chi connectivity index (χ3v) is 10.7. The monoisotopic (exact) mass is 560 g/mol. The van der Waals surface area contributed by atoms with E-state index in [1.165, 1.54) is 0 Å². The van der Waals surface area contributed by atoms with Crippen molar-refractivity contribution < 1.29 is 14.3 Å². The average Bonchev–Trinajstić information content (AvgIpc) is 3.36. The third kappa shape index (κ3) is 4.28. The summed E-state index contributed by atoms with van der Waals surface area (Å²) in [4.78, 5) is 29.4. The Kier molecular flexibility index (Phi) is 6.68. The summed E-state index contributed by atoms with van der Waals surface area (Å²) < 4.78 is 5.54. The number of amides is 1. The number of benzene rings is 4. The van der Waals surface area contributed by atoms with Crippen molar-refractivity contribution >= 4 is 23.6 Å². The fourth-order valence-corrected chi connectivity index (χ4v) is 8.68. The van der Waals surface area contributed by atoms with E-state index in [4.69, 9.17) is 4.74 Å². The number of β-lactam (4-membered cyclic amide) rings is 1. The van der Waals surface area contributed by atoms with Crippen molar-refractivity contribution in [3.63, 3.8) is 0 Å². The molecule has 1 saturated carbocycles. The lowest BCUT2D eigenvalue weighted by Crippen LogP contribution is -2.73. The van der Waals surface area contributed by atoms with Crippen LogP contribution in [0.2, 0.25) is 0 Å². The molecule has 1 aliphatic carbocycles. The minimum absolute atomic E-state index is 0.0416. The molecule has 2 unspecified atom stereocenters. The quantitative estimate of drug-likeness (QED) is 0.166. The molecule has 206 valence electrons. The van der Waals surface area contributed by atoms with Crippen molar-refractivity contribution in [2.45, 2.75) is 53.6 Å². The van der Waals surface area contributed by atoms with Crippen LogP contribution in [0.3, 0.4) is 0 Å². The summed E-state index contributed by atoms with van der Waals surface area (Å²) in [6.45, 7) is 0.213. The van der Waals surface area contributed by atoms with Gasteiger partial charge in [0.2, 0.25) is 5.91 Å². The first-order chi connectivity index (χ1) is 20.1. The van der Waals surface area contributed by atoms with E-state index >= 15 is 0 Å². The molecule has 6 heteroatoms. The second kappa shape index (κ2) is 10.5. The van der Waals surface area contributed by atoms with Crippen LogP contribution in [-0.4, -0.2) is 39.0 Å². The number of thioether (sulfide) groups is 1. The number of carbonyl (C=O) groups is 2. The van der Waals surface area contributed by atoms with Crippen LogP contribution in [-0.2, 0) is 26.5 Å². The Labute approximate surface area is 244 Å². The summed E-state index contributed by atoms with van der Waals surface area (Å²) in [5.41, 5.74) is 3.37. The summed E-state index contributed by atoms with van der Waals surface area (Å²) in [5, 5.41) is 3.73. The van der Waals surface area contributed by atoms with E-state index < -0.39 is 17.6 Å². The average molecular weight is 561 g/mol. The molecule has 41 heavy (non-hydrogen) atoms. The molecule has 2 saturated heterocycles. The van der Waals surface area contributed by atoms with E-state index in [1.807, 2.05) is 84.9 Å². The van der Waals surface area contributed by atoms with Gasteiger partial charge in [-0.05, 0) is 35.1 Å². The van der Waals surface area contributed by atoms with Gasteiger partial charge in [0.15, 0.2) is 0 Å². The number of hydrogen-bond donors (Lipinski definition) is 1. The van der Waals surface area contributed by atoms with Crippen molar-refractivity contribution in [2.24, 2.45) is 0 Å². The summed E-state index contributed by atoms with van der Waals surface area (Å²) in [5.74, 6) is -0.337. The second-order valence-corrected chi connectivity index (χ2v) is 12.7. The molecule has 2 heterocycles. The summed E-state index contributed by atoms with van der Waals surface area (Å²) in [6, 6.07) is 39.7. The predicted molar refractivity (Wildman–Crippen MR) is 161 cm³/mol. The number of nitrogens with one attached hydrogen (secondary N) is 1. The largest absolute Gasteiger partial charge is 0.459 e. The highest BCUT2D eigenvalue weighted by atomic mass is 32.2. The summed E-state index contributed by atoms with van der Waals surface area (Å²) >= 11 is 1.79. The van der Waals surface area contributed by atoms with Gasteiger partial charge >= 0.3 is 5.97 Å². The molecule has 1 amide bonds. The summed E-state index contributed by atoms with van der Waals surface area (Å²) in [6.07, 6.45) is 2.89. The topological polar surface area (TPSA) is 58.6 Å². The highest BCUT2D eigenvalue weighted by Crippen LogP contribution is 2.60. The zero-order chi connectivity index (χ0) is 27.9. The van der Waals surface area contributed by atoms with Crippen LogP contribution in [0.1, 0.15) is 41.5 Å². The highest BCUT2D eigenvalue weighted by molar-refractivity contribution is 8.01. The lowest BCUT2D eigenvalue weighted by molar-refractivity contribution is -0.166. The van der Waals surface area contributed by atoms with Crippen LogP contribution in [0, 0.1) is 0 Å². The van der Waals surface area contributed by atoms with E-state index in [1.54, 1.807) is 16.7 Å². The fourth-order valence-electron chi connectivity index (χ4n) is 6.68. The molecule has 4 aromatic carbocycles. The lowest BCUT2D eigenvalue weighted by atomic mass is 9.75. The van der Waals surface area contributed by atoms with Gasteiger partial charge in [0.05, 0.1) is 5.54 Å². The molecule has 0 aromatic heterocycles. The Morgan fingerprint density at radius 1 is 0.805 bits per heavy atom. The van der Waals surface area contributed by atoms with E-state index in [0.29, 0.717) is 0 Å². The van der Waals surface area contributed by atoms with Gasteiger partial charge < -0.3 is 9.64 Å². The molecule has 3 atom stereocenters. The molecular weight excluding hydrogens is 528 g/mol. The molecule has 1 spiro atoms. The number of hydrogen-bond acceptors (Lipinski definition) is 5. The van der Waals surface area contributed by atoms with Crippen molar-refractivity contribution in [2.75, 3.05) is 0 Å². The first-order valence-electron chi connectivity index (χ1n) is 14.3. The van der Waals surface area contributed by atoms with Gasteiger partial charge in [0.25, 0.3) is 0 Å². The van der Waals surface area contributed by atoms with Gasteiger partial charge in [0, 0.05) is 4.75 Å². The smallest absolute Gasteiger partial charge is 0.330 e. The maximum Gasteiger partial charge on any atom is 0.330 e. The maximum absolute atomic E-state index is 14.1. The first kappa shape index (κ1) is 26.1. The van der Waals surface area contributed by atoms with Crippen LogP contribution >= 0.6 is 11.8 Å². The van der Waals surface area contributed by atoms with Crippen molar-refractivity contribution in [1.82, 2.24) is 10.2 Å². The standard InChI is InChI=1S/C35H32N2O3S/c38-31-29(32-37(31)30(34(41-32)22-13-23-34)33(39)40-24-25-14-5-1-6-15-25)36-35(26-16-7-2-8-17-26,27-18-9-3-10-19-27)28-20-11-4-12-21-28/h1-12,14-21,29-30,32,36H,13,22-24H2/t29?,30?,32-/m1/s1. The molecule has 0 bridgehead atoms. The van der Waals surface area contributed by atoms with Crippen molar-refractivity contribution in [3.05, 3.63) is 144 Å². The van der Waals surface area contributed by atoms with Crippen LogP contribution in [0.5, 0.6) is 0 Å². The molecular formula is C35H32N2O3S. The molecule has 7 rings (SSSR count). The van der Waals surface area contributed by atoms with E-state index in [9.17, 15) is 9.59 Å². The highest BCUT2D eigenvalue weighted by Gasteiger charge is 2.69. The number of esters is 1. The third-order valence-electron chi connectivity index (χ3n) is 8.85. The lowest BCUT2D eigenvalue weighted by Gasteiger charge is -2.49. The van der Waals surface area contributed by atoms with Crippen LogP contribution in [0.25, 0.3) is 0 Å². The molecule has 3 fully saturated rings. The minimum atomic E-state index is -0.755. The van der Waals surface area contributed by atoms with Crippen molar-refractivity contribution in [1.29, 1.82) is 0 Å². The Hall–Kier alpha value is -3.87. The Morgan fingerprint density at radius 2 is 1.29 bits per heavy atom. The van der Waals surface area contributed by atoms with Gasteiger partial charge in [-0.1, -0.05) is 128 Å². The Morgan fingerprint density at radius 3 is 1.76 bits per heavy atom. The summed E-state index contributed by atoms with van der Waals surface area (Å²) in [7, 11) is 0. The van der Waals surface area contributed by atoms with E-state index in [2.05, 4.69) is 41.7 Å². The Balaban J connectivity index is 1.23. The predicted octanol–water partition coefficient (Wildman–Crippen LogP) is 5.89. The van der Waals surface area contributed by atoms with Crippen molar-refractivity contribution in [3.8, 4) is 0 Å². The maximum atomic E-state index is 14.1. The SMILES string of the molecule is O=C(OCc1ccccc1)C1N2C(=O)C(NC(c3ccccc3)(c3ccccc3)c3ccccc3)[C@H]2SC12CCC2. The van der Waals surface area contributed by atoms with Gasteiger partial charge in [-0.2, -0.15) is 0 Å². The first-order valence-corrected chi connectivity index (χ1v) is 15.2.